The first-order valence-corrected chi connectivity index (χ1v) is 14.8. The van der Waals surface area contributed by atoms with Gasteiger partial charge < -0.3 is 29.2 Å². The molecule has 45 heavy (non-hydrogen) atoms. The third-order valence-electron chi connectivity index (χ3n) is 7.10. The van der Waals surface area contributed by atoms with Crippen molar-refractivity contribution in [2.45, 2.75) is 32.7 Å². The second kappa shape index (κ2) is 15.2. The van der Waals surface area contributed by atoms with Crippen LogP contribution in [0.25, 0.3) is 0 Å². The van der Waals surface area contributed by atoms with E-state index in [1.54, 1.807) is 87.6 Å². The quantitative estimate of drug-likeness (QED) is 0.211. The van der Waals surface area contributed by atoms with E-state index in [0.717, 1.165) is 5.56 Å². The summed E-state index contributed by atoms with van der Waals surface area (Å²) < 4.78 is 20.8. The largest absolute Gasteiger partial charge is 0.493 e. The van der Waals surface area contributed by atoms with E-state index < -0.39 is 23.9 Å². The van der Waals surface area contributed by atoms with E-state index >= 15 is 0 Å². The van der Waals surface area contributed by atoms with Crippen LogP contribution in [0.4, 0.5) is 11.4 Å². The molecular formula is C33H35N3O8S. The van der Waals surface area contributed by atoms with E-state index in [-0.39, 0.29) is 30.7 Å². The number of esters is 2. The summed E-state index contributed by atoms with van der Waals surface area (Å²) in [6, 6.07) is 17.3. The monoisotopic (exact) mass is 633 g/mol. The number of hydrogen-bond donors (Lipinski definition) is 1. The lowest BCUT2D eigenvalue weighted by atomic mass is 10.1. The molecule has 1 atom stereocenters. The van der Waals surface area contributed by atoms with Gasteiger partial charge in [0.15, 0.2) is 16.6 Å². The van der Waals surface area contributed by atoms with E-state index in [0.29, 0.717) is 47.0 Å². The average molecular weight is 634 g/mol. The third kappa shape index (κ3) is 7.76. The molecule has 1 unspecified atom stereocenters. The molecular weight excluding hydrogens is 598 g/mol. The Kier molecular flexibility index (Phi) is 11.1. The molecule has 1 aliphatic heterocycles. The number of thiocarbonyl (C=S) groups is 1. The topological polar surface area (TPSA) is 124 Å². The minimum Gasteiger partial charge on any atom is -0.493 e. The second-order valence-corrected chi connectivity index (χ2v) is 10.3. The van der Waals surface area contributed by atoms with Gasteiger partial charge in [-0.1, -0.05) is 6.07 Å². The van der Waals surface area contributed by atoms with Crippen LogP contribution in [0, 0.1) is 0 Å². The summed E-state index contributed by atoms with van der Waals surface area (Å²) in [6.07, 6.45) is 0.318. The van der Waals surface area contributed by atoms with Gasteiger partial charge in [-0.05, 0) is 98.7 Å². The fraction of sp³-hybridized carbons (Fsp3) is 0.303. The van der Waals surface area contributed by atoms with Crippen LogP contribution in [-0.4, -0.2) is 73.8 Å². The Balaban J connectivity index is 1.55. The van der Waals surface area contributed by atoms with Crippen LogP contribution in [0.2, 0.25) is 0 Å². The number of ether oxygens (including phenoxy) is 4. The minimum absolute atomic E-state index is 0.179. The number of nitrogens with zero attached hydrogens (tertiary/aromatic N) is 2. The first-order chi connectivity index (χ1) is 21.7. The number of hydrogen-bond acceptors (Lipinski definition) is 9. The van der Waals surface area contributed by atoms with E-state index in [2.05, 4.69) is 5.32 Å². The van der Waals surface area contributed by atoms with E-state index in [4.69, 9.17) is 31.2 Å². The molecule has 0 aliphatic carbocycles. The number of amides is 2. The molecule has 0 aromatic heterocycles. The second-order valence-electron chi connectivity index (χ2n) is 9.92. The molecule has 0 saturated carbocycles. The standard InChI is InChI=1S/C33H35N3O8S/c1-5-43-31(39)22-8-12-24(13-9-22)34-29(37)20-26-30(38)36(25-14-10-23(11-15-25)32(40)44-6-2)33(45)35(26)18-17-21-7-16-27(41-3)28(19-21)42-4/h7-16,19,26H,5-6,17-18,20H2,1-4H3,(H,34,37). The molecule has 3 aromatic carbocycles. The predicted octanol–water partition coefficient (Wildman–Crippen LogP) is 4.63. The highest BCUT2D eigenvalue weighted by molar-refractivity contribution is 7.80. The summed E-state index contributed by atoms with van der Waals surface area (Å²) in [7, 11) is 3.12. The highest BCUT2D eigenvalue weighted by Crippen LogP contribution is 2.30. The van der Waals surface area contributed by atoms with Gasteiger partial charge in [0.2, 0.25) is 5.91 Å². The van der Waals surface area contributed by atoms with Crippen molar-refractivity contribution in [1.82, 2.24) is 4.90 Å². The maximum Gasteiger partial charge on any atom is 0.338 e. The molecule has 11 nitrogen and oxygen atoms in total. The molecule has 4 rings (SSSR count). The van der Waals surface area contributed by atoms with Gasteiger partial charge >= 0.3 is 11.9 Å². The predicted molar refractivity (Wildman–Crippen MR) is 172 cm³/mol. The van der Waals surface area contributed by atoms with Crippen molar-refractivity contribution in [2.24, 2.45) is 0 Å². The first kappa shape index (κ1) is 32.9. The van der Waals surface area contributed by atoms with Crippen molar-refractivity contribution in [3.63, 3.8) is 0 Å². The minimum atomic E-state index is -0.888. The summed E-state index contributed by atoms with van der Waals surface area (Å²) in [5, 5.41) is 3.03. The Morgan fingerprint density at radius 2 is 1.40 bits per heavy atom. The zero-order valence-electron chi connectivity index (χ0n) is 25.5. The van der Waals surface area contributed by atoms with Crippen LogP contribution in [0.1, 0.15) is 46.5 Å². The van der Waals surface area contributed by atoms with Gasteiger partial charge in [-0.15, -0.1) is 0 Å². The van der Waals surface area contributed by atoms with Crippen molar-refractivity contribution < 1.29 is 38.1 Å². The van der Waals surface area contributed by atoms with Crippen molar-refractivity contribution in [2.75, 3.05) is 44.2 Å². The summed E-state index contributed by atoms with van der Waals surface area (Å²) in [4.78, 5) is 54.3. The maximum absolute atomic E-state index is 13.8. The number of nitrogens with one attached hydrogen (secondary N) is 1. The van der Waals surface area contributed by atoms with Crippen molar-refractivity contribution in [3.8, 4) is 11.5 Å². The zero-order valence-corrected chi connectivity index (χ0v) is 26.3. The molecule has 236 valence electrons. The molecule has 0 radical (unpaired) electrons. The van der Waals surface area contributed by atoms with Gasteiger partial charge in [0.25, 0.3) is 5.91 Å². The number of rotatable bonds is 13. The molecule has 1 N–H and O–H groups in total. The molecule has 1 aliphatic rings. The van der Waals surface area contributed by atoms with Gasteiger partial charge in [-0.2, -0.15) is 0 Å². The van der Waals surface area contributed by atoms with E-state index in [1.165, 1.54) is 4.90 Å². The molecule has 0 spiro atoms. The number of carbonyl (C=O) groups excluding carboxylic acids is 4. The Bertz CT molecular complexity index is 1560. The Morgan fingerprint density at radius 1 is 0.822 bits per heavy atom. The Labute approximate surface area is 267 Å². The average Bonchev–Trinajstić information content (AvgIpc) is 3.27. The van der Waals surface area contributed by atoms with Gasteiger partial charge in [0, 0.05) is 12.2 Å². The summed E-state index contributed by atoms with van der Waals surface area (Å²) in [5.41, 5.74) is 2.55. The van der Waals surface area contributed by atoms with E-state index in [9.17, 15) is 19.2 Å². The maximum atomic E-state index is 13.8. The van der Waals surface area contributed by atoms with Gasteiger partial charge in [-0.3, -0.25) is 14.5 Å². The zero-order chi connectivity index (χ0) is 32.5. The van der Waals surface area contributed by atoms with Crippen LogP contribution in [0.5, 0.6) is 11.5 Å². The van der Waals surface area contributed by atoms with Crippen molar-refractivity contribution in [1.29, 1.82) is 0 Å². The number of methoxy groups -OCH3 is 2. The molecule has 1 heterocycles. The van der Waals surface area contributed by atoms with Crippen LogP contribution >= 0.6 is 12.2 Å². The molecule has 0 bridgehead atoms. The van der Waals surface area contributed by atoms with Crippen molar-refractivity contribution in [3.05, 3.63) is 83.4 Å². The van der Waals surface area contributed by atoms with Gasteiger partial charge in [-0.25, -0.2) is 9.59 Å². The number of anilines is 2. The molecule has 1 fully saturated rings. The third-order valence-corrected chi connectivity index (χ3v) is 7.52. The SMILES string of the molecule is CCOC(=O)c1ccc(NC(=O)CC2C(=O)N(c3ccc(C(=O)OCC)cc3)C(=S)N2CCc2ccc(OC)c(OC)c2)cc1. The Hall–Kier alpha value is -4.97. The fourth-order valence-corrected chi connectivity index (χ4v) is 5.28. The van der Waals surface area contributed by atoms with Crippen LogP contribution in [0.15, 0.2) is 66.7 Å². The van der Waals surface area contributed by atoms with Crippen LogP contribution < -0.4 is 19.7 Å². The van der Waals surface area contributed by atoms with Gasteiger partial charge in [0.1, 0.15) is 6.04 Å². The van der Waals surface area contributed by atoms with Crippen molar-refractivity contribution >= 4 is 52.5 Å². The lowest BCUT2D eigenvalue weighted by molar-refractivity contribution is -0.124. The number of carbonyl (C=O) groups is 4. The lowest BCUT2D eigenvalue weighted by Gasteiger charge is -2.24. The highest BCUT2D eigenvalue weighted by atomic mass is 32.1. The van der Waals surface area contributed by atoms with E-state index in [1.807, 2.05) is 12.1 Å². The van der Waals surface area contributed by atoms with Crippen LogP contribution in [0.3, 0.4) is 0 Å². The smallest absolute Gasteiger partial charge is 0.338 e. The number of benzene rings is 3. The summed E-state index contributed by atoms with van der Waals surface area (Å²) >= 11 is 5.79. The lowest BCUT2D eigenvalue weighted by Crippen LogP contribution is -2.39. The molecule has 12 heteroatoms. The normalized spacial score (nSPS) is 14.3. The first-order valence-electron chi connectivity index (χ1n) is 14.4. The molecule has 3 aromatic rings. The summed E-state index contributed by atoms with van der Waals surface area (Å²) in [6.45, 7) is 4.27. The van der Waals surface area contributed by atoms with Gasteiger partial charge in [0.05, 0.1) is 50.7 Å². The Morgan fingerprint density at radius 3 is 1.96 bits per heavy atom. The summed E-state index contributed by atoms with van der Waals surface area (Å²) in [5.74, 6) is -0.542. The fourth-order valence-electron chi connectivity index (χ4n) is 4.86. The van der Waals surface area contributed by atoms with Crippen LogP contribution in [-0.2, 0) is 25.5 Å². The molecule has 2 amide bonds. The highest BCUT2D eigenvalue weighted by Gasteiger charge is 2.44. The molecule has 1 saturated heterocycles.